The van der Waals surface area contributed by atoms with Crippen molar-refractivity contribution in [3.05, 3.63) is 72.0 Å². The Kier molecular flexibility index (Phi) is 9.77. The van der Waals surface area contributed by atoms with Crippen molar-refractivity contribution in [1.29, 1.82) is 0 Å². The van der Waals surface area contributed by atoms with Gasteiger partial charge in [0, 0.05) is 0 Å². The average Bonchev–Trinajstić information content (AvgIpc) is 2.91. The summed E-state index contributed by atoms with van der Waals surface area (Å²) in [5.41, 5.74) is -0.414. The molecule has 44 heavy (non-hydrogen) atoms. The van der Waals surface area contributed by atoms with E-state index >= 15 is 0 Å². The van der Waals surface area contributed by atoms with E-state index in [2.05, 4.69) is 4.74 Å². The van der Waals surface area contributed by atoms with Crippen LogP contribution in [-0.2, 0) is 11.3 Å². The maximum absolute atomic E-state index is 14.1. The van der Waals surface area contributed by atoms with Gasteiger partial charge >= 0.3 is 53.8 Å². The van der Waals surface area contributed by atoms with Crippen LogP contribution in [0.2, 0.25) is 0 Å². The van der Waals surface area contributed by atoms with Crippen LogP contribution >= 0.6 is 0 Å². The van der Waals surface area contributed by atoms with E-state index in [1.54, 1.807) is 11.4 Å². The molecular weight excluding hydrogens is 661 g/mol. The number of hydrogen-bond donors (Lipinski definition) is 1. The molecule has 2 aromatic carbocycles. The first-order valence-corrected chi connectivity index (χ1v) is 10.9. The topological polar surface area (TPSA) is 47.6 Å². The molecule has 0 atom stereocenters. The molecule has 0 heterocycles. The van der Waals surface area contributed by atoms with Gasteiger partial charge in [-0.05, 0) is 17.7 Å². The van der Waals surface area contributed by atoms with Gasteiger partial charge in [0.2, 0.25) is 5.83 Å². The van der Waals surface area contributed by atoms with E-state index in [9.17, 15) is 79.4 Å². The maximum Gasteiger partial charge on any atom is 0.460 e. The molecule has 0 unspecified atom stereocenters. The van der Waals surface area contributed by atoms with Crippen molar-refractivity contribution >= 4 is 11.8 Å². The third-order valence-electron chi connectivity index (χ3n) is 5.31. The molecular formula is C23H12F17NO3. The quantitative estimate of drug-likeness (QED) is 0.191. The molecule has 1 N–H and O–H groups in total. The summed E-state index contributed by atoms with van der Waals surface area (Å²) in [5, 5.41) is 1.78. The van der Waals surface area contributed by atoms with Gasteiger partial charge in [0.25, 0.3) is 0 Å². The van der Waals surface area contributed by atoms with Gasteiger partial charge in [-0.25, -0.2) is 4.79 Å². The van der Waals surface area contributed by atoms with Crippen LogP contribution in [0.4, 0.5) is 85.1 Å². The van der Waals surface area contributed by atoms with Gasteiger partial charge in [-0.2, -0.15) is 74.6 Å². The first-order valence-electron chi connectivity index (χ1n) is 10.9. The number of nitrogens with one attached hydrogen (secondary N) is 1. The summed E-state index contributed by atoms with van der Waals surface area (Å²) >= 11 is 0. The zero-order chi connectivity index (χ0) is 34.2. The third-order valence-corrected chi connectivity index (χ3v) is 5.31. The van der Waals surface area contributed by atoms with Crippen molar-refractivity contribution in [3.8, 4) is 5.75 Å². The lowest BCUT2D eigenvalue weighted by molar-refractivity contribution is -0.451. The van der Waals surface area contributed by atoms with Gasteiger partial charge < -0.3 is 9.47 Å². The predicted octanol–water partition coefficient (Wildman–Crippen LogP) is 9.30. The monoisotopic (exact) mass is 673 g/mol. The van der Waals surface area contributed by atoms with Crippen molar-refractivity contribution in [3.63, 3.8) is 0 Å². The highest BCUT2D eigenvalue weighted by atomic mass is 19.4. The zero-order valence-corrected chi connectivity index (χ0v) is 20.6. The fraction of sp³-hybridized carbons (Fsp3) is 0.348. The van der Waals surface area contributed by atoms with Gasteiger partial charge in [-0.15, -0.1) is 0 Å². The van der Waals surface area contributed by atoms with E-state index in [0.29, 0.717) is 11.6 Å². The molecule has 0 saturated carbocycles. The number of carbonyl (C=O) groups excluding carboxylic acids is 1. The molecule has 2 aromatic rings. The van der Waals surface area contributed by atoms with E-state index in [0.717, 1.165) is 18.2 Å². The van der Waals surface area contributed by atoms with Crippen LogP contribution in [0.25, 0.3) is 0 Å². The fourth-order valence-electron chi connectivity index (χ4n) is 2.90. The molecule has 0 aromatic heterocycles. The number of carbonyl (C=O) groups is 1. The summed E-state index contributed by atoms with van der Waals surface area (Å²) in [6, 6.07) is 7.00. The van der Waals surface area contributed by atoms with E-state index in [4.69, 9.17) is 4.74 Å². The number of para-hydroxylation sites is 2. The van der Waals surface area contributed by atoms with Gasteiger partial charge in [0.1, 0.15) is 6.61 Å². The Hall–Kier alpha value is -3.94. The largest absolute Gasteiger partial charge is 0.460 e. The van der Waals surface area contributed by atoms with E-state index in [1.165, 1.54) is 24.3 Å². The van der Waals surface area contributed by atoms with Crippen molar-refractivity contribution in [2.24, 2.45) is 0 Å². The minimum absolute atomic E-state index is 0.410. The number of anilines is 1. The third kappa shape index (κ3) is 6.17. The first-order chi connectivity index (χ1) is 19.8. The second kappa shape index (κ2) is 11.9. The van der Waals surface area contributed by atoms with Gasteiger partial charge in [0.05, 0.1) is 5.69 Å². The summed E-state index contributed by atoms with van der Waals surface area (Å²) in [5.74, 6) is -56.0. The Bertz CT molecular complexity index is 1360. The Morgan fingerprint density at radius 2 is 1.07 bits per heavy atom. The lowest BCUT2D eigenvalue weighted by atomic mass is 9.91. The molecule has 0 spiro atoms. The minimum Gasteiger partial charge on any atom is -0.444 e. The number of rotatable bonds is 11. The summed E-state index contributed by atoms with van der Waals surface area (Å²) < 4.78 is 236. The average molecular weight is 673 g/mol. The fourth-order valence-corrected chi connectivity index (χ4v) is 2.90. The first kappa shape index (κ1) is 36.3. The van der Waals surface area contributed by atoms with Gasteiger partial charge in [0.15, 0.2) is 5.75 Å². The van der Waals surface area contributed by atoms with Gasteiger partial charge in [-0.3, -0.25) is 5.32 Å². The number of amides is 1. The van der Waals surface area contributed by atoms with Crippen LogP contribution in [-0.4, -0.2) is 47.8 Å². The van der Waals surface area contributed by atoms with E-state index < -0.39 is 77.7 Å². The Morgan fingerprint density at radius 3 is 1.59 bits per heavy atom. The Morgan fingerprint density at radius 1 is 0.614 bits per heavy atom. The molecule has 4 nitrogen and oxygen atoms in total. The van der Waals surface area contributed by atoms with Crippen LogP contribution in [0.15, 0.2) is 66.4 Å². The molecule has 0 fully saturated rings. The molecule has 0 saturated heterocycles. The van der Waals surface area contributed by atoms with Crippen LogP contribution in [0.5, 0.6) is 5.75 Å². The van der Waals surface area contributed by atoms with Crippen molar-refractivity contribution in [2.45, 2.75) is 48.3 Å². The number of hydrogen-bond acceptors (Lipinski definition) is 3. The van der Waals surface area contributed by atoms with E-state index in [-0.39, 0.29) is 0 Å². The Balaban J connectivity index is 2.41. The normalized spacial score (nSPS) is 14.6. The van der Waals surface area contributed by atoms with Crippen LogP contribution < -0.4 is 10.1 Å². The Labute approximate surface area is 233 Å². The summed E-state index contributed by atoms with van der Waals surface area (Å²) in [4.78, 5) is 11.9. The lowest BCUT2D eigenvalue weighted by Crippen LogP contribution is -2.72. The van der Waals surface area contributed by atoms with Crippen LogP contribution in [0.3, 0.4) is 0 Å². The highest BCUT2D eigenvalue weighted by Gasteiger charge is 2.93. The number of alkyl halides is 15. The van der Waals surface area contributed by atoms with Crippen molar-refractivity contribution in [2.75, 3.05) is 5.32 Å². The number of benzene rings is 2. The summed E-state index contributed by atoms with van der Waals surface area (Å²) in [6.45, 7) is -0.410. The molecule has 0 aliphatic rings. The van der Waals surface area contributed by atoms with Crippen molar-refractivity contribution in [1.82, 2.24) is 0 Å². The molecule has 0 radical (unpaired) electrons. The summed E-state index contributed by atoms with van der Waals surface area (Å²) in [6.07, 6.45) is -9.22. The van der Waals surface area contributed by atoms with E-state index in [1.807, 2.05) is 0 Å². The van der Waals surface area contributed by atoms with Crippen LogP contribution in [0, 0.1) is 0 Å². The second-order valence-electron chi connectivity index (χ2n) is 8.32. The standard InChI is InChI=1S/C23H12F17NO3/c24-14(15(25)44-13-9-5-4-8-12(13)41-16(42)43-10-11-6-2-1-3-7-11)17(26,27)18(28,29)19(30,31)20(32,33)21(34,35)22(36,37)23(38,39)40/h1-9H,10H2,(H,41,42). The summed E-state index contributed by atoms with van der Waals surface area (Å²) in [7, 11) is 0. The minimum atomic E-state index is -8.69. The lowest BCUT2D eigenvalue weighted by Gasteiger charge is -2.41. The molecule has 246 valence electrons. The van der Waals surface area contributed by atoms with Crippen LogP contribution in [0.1, 0.15) is 5.56 Å². The highest BCUT2D eigenvalue weighted by Crippen LogP contribution is 2.63. The smallest absolute Gasteiger partial charge is 0.444 e. The number of ether oxygens (including phenoxy) is 2. The molecule has 0 aliphatic carbocycles. The van der Waals surface area contributed by atoms with Crippen molar-refractivity contribution < 1.29 is 88.9 Å². The molecule has 21 heteroatoms. The SMILES string of the molecule is O=C(Nc1ccccc1OC(F)=C(F)C(F)(F)C(F)(F)C(F)(F)C(F)(F)C(F)(F)C(F)(F)C(F)(F)F)OCc1ccccc1. The predicted molar refractivity (Wildman–Crippen MR) is 112 cm³/mol. The number of halogens is 17. The zero-order valence-electron chi connectivity index (χ0n) is 20.6. The molecule has 0 aliphatic heterocycles. The second-order valence-corrected chi connectivity index (χ2v) is 8.32. The molecule has 0 bridgehead atoms. The number of allylic oxidation sites excluding steroid dienone is 1. The van der Waals surface area contributed by atoms with Gasteiger partial charge in [-0.1, -0.05) is 42.5 Å². The molecule has 2 rings (SSSR count). The maximum atomic E-state index is 14.1. The highest BCUT2D eigenvalue weighted by molar-refractivity contribution is 5.86. The molecule has 1 amide bonds.